The van der Waals surface area contributed by atoms with Gasteiger partial charge in [0.2, 0.25) is 0 Å². The summed E-state index contributed by atoms with van der Waals surface area (Å²) in [4.78, 5) is 12.3. The molecule has 0 aliphatic carbocycles. The molecule has 0 amide bonds. The van der Waals surface area contributed by atoms with E-state index in [1.165, 1.54) is 0 Å². The quantitative estimate of drug-likeness (QED) is 0.682. The van der Waals surface area contributed by atoms with Crippen LogP contribution in [0.2, 0.25) is 10.0 Å². The molecular weight excluding hydrogens is 371 g/mol. The predicted molar refractivity (Wildman–Crippen MR) is 106 cm³/mol. The van der Waals surface area contributed by atoms with Gasteiger partial charge in [0.1, 0.15) is 6.61 Å². The average Bonchev–Trinajstić information content (AvgIpc) is 2.89. The summed E-state index contributed by atoms with van der Waals surface area (Å²) in [6.45, 7) is 1.86. The minimum atomic E-state index is -0.450. The highest BCUT2D eigenvalue weighted by molar-refractivity contribution is 6.35. The number of benzene rings is 2. The summed E-state index contributed by atoms with van der Waals surface area (Å²) < 4.78 is 5.87. The van der Waals surface area contributed by atoms with Crippen molar-refractivity contribution in [2.24, 2.45) is 5.10 Å². The molecule has 3 rings (SSSR count). The fourth-order valence-corrected chi connectivity index (χ4v) is 3.21. The number of carbonyl (C=O) groups is 1. The van der Waals surface area contributed by atoms with Crippen molar-refractivity contribution >= 4 is 40.8 Å². The molecule has 1 heterocycles. The van der Waals surface area contributed by atoms with Crippen LogP contribution in [0.4, 0.5) is 0 Å². The van der Waals surface area contributed by atoms with E-state index in [4.69, 9.17) is 27.9 Å². The van der Waals surface area contributed by atoms with Gasteiger partial charge in [0.15, 0.2) is 12.0 Å². The van der Waals surface area contributed by atoms with Crippen molar-refractivity contribution in [3.05, 3.63) is 75.3 Å². The lowest BCUT2D eigenvalue weighted by atomic mass is 10.1. The van der Waals surface area contributed by atoms with Gasteiger partial charge in [-0.3, -0.25) is 9.80 Å². The highest BCUT2D eigenvalue weighted by atomic mass is 35.5. The summed E-state index contributed by atoms with van der Waals surface area (Å²) in [5.74, 6) is -0.0765. The molecule has 134 valence electrons. The van der Waals surface area contributed by atoms with Gasteiger partial charge in [0.25, 0.3) is 0 Å². The van der Waals surface area contributed by atoms with Gasteiger partial charge in [0, 0.05) is 28.2 Å². The van der Waals surface area contributed by atoms with Crippen LogP contribution in [0.3, 0.4) is 0 Å². The van der Waals surface area contributed by atoms with Crippen molar-refractivity contribution in [3.63, 3.8) is 0 Å². The topological polar surface area (TPSA) is 41.9 Å². The minimum absolute atomic E-state index is 0.0342. The number of ketones is 1. The van der Waals surface area contributed by atoms with Gasteiger partial charge < -0.3 is 4.74 Å². The highest BCUT2D eigenvalue weighted by Gasteiger charge is 2.29. The Balaban J connectivity index is 1.79. The normalized spacial score (nSPS) is 18.3. The Hall–Kier alpha value is -2.14. The Bertz CT molecular complexity index is 879. The third-order valence-corrected chi connectivity index (χ3v) is 4.63. The maximum Gasteiger partial charge on any atom is 0.188 e. The van der Waals surface area contributed by atoms with E-state index in [-0.39, 0.29) is 12.4 Å². The number of hydrogen-bond donors (Lipinski definition) is 0. The number of likely N-dealkylation sites (N-methyl/N-ethyl adjacent to an activating group) is 1. The number of hydrazone groups is 1. The van der Waals surface area contributed by atoms with Crippen molar-refractivity contribution < 1.29 is 9.53 Å². The minimum Gasteiger partial charge on any atom is -0.344 e. The molecule has 0 spiro atoms. The summed E-state index contributed by atoms with van der Waals surface area (Å²) in [5.41, 5.74) is 3.12. The number of halogens is 2. The second-order valence-electron chi connectivity index (χ2n) is 5.98. The van der Waals surface area contributed by atoms with Gasteiger partial charge in [-0.15, -0.1) is 0 Å². The molecule has 1 unspecified atom stereocenters. The van der Waals surface area contributed by atoms with Gasteiger partial charge >= 0.3 is 0 Å². The van der Waals surface area contributed by atoms with Gasteiger partial charge in [-0.25, -0.2) is 0 Å². The third-order valence-electron chi connectivity index (χ3n) is 4.07. The van der Waals surface area contributed by atoms with Crippen molar-refractivity contribution in [3.8, 4) is 0 Å². The molecular formula is C20H18Cl2N2O2. The molecule has 0 saturated carbocycles. The van der Waals surface area contributed by atoms with E-state index in [2.05, 4.69) is 5.10 Å². The zero-order valence-electron chi connectivity index (χ0n) is 14.4. The van der Waals surface area contributed by atoms with Crippen LogP contribution in [0, 0.1) is 0 Å². The maximum absolute atomic E-state index is 12.3. The second kappa shape index (κ2) is 8.04. The van der Waals surface area contributed by atoms with E-state index in [1.807, 2.05) is 44.3 Å². The SMILES string of the molecule is CC1=NN(C)C(OCC(=O)c2ccccc2)C1=Cc1ccc(Cl)cc1Cl. The van der Waals surface area contributed by atoms with E-state index in [1.54, 1.807) is 29.3 Å². The monoisotopic (exact) mass is 388 g/mol. The van der Waals surface area contributed by atoms with Gasteiger partial charge in [0.05, 0.1) is 5.71 Å². The zero-order valence-corrected chi connectivity index (χ0v) is 16.0. The molecule has 1 atom stereocenters. The molecule has 4 nitrogen and oxygen atoms in total. The standard InChI is InChI=1S/C20H18Cl2N2O2/c1-13-17(10-15-8-9-16(21)11-18(15)22)20(24(2)23-13)26-12-19(25)14-6-4-3-5-7-14/h3-11,20H,12H2,1-2H3. The van der Waals surface area contributed by atoms with Crippen molar-refractivity contribution in [1.29, 1.82) is 0 Å². The van der Waals surface area contributed by atoms with Gasteiger partial charge in [-0.05, 0) is 30.7 Å². The predicted octanol–water partition coefficient (Wildman–Crippen LogP) is 4.92. The molecule has 6 heteroatoms. The molecule has 0 N–H and O–H groups in total. The van der Waals surface area contributed by atoms with Gasteiger partial charge in [-0.2, -0.15) is 5.10 Å². The zero-order chi connectivity index (χ0) is 18.7. The Kier molecular flexibility index (Phi) is 5.77. The summed E-state index contributed by atoms with van der Waals surface area (Å²) >= 11 is 12.2. The summed E-state index contributed by atoms with van der Waals surface area (Å²) in [6.07, 6.45) is 1.47. The number of rotatable bonds is 5. The molecule has 0 radical (unpaired) electrons. The fourth-order valence-electron chi connectivity index (χ4n) is 2.75. The fraction of sp³-hybridized carbons (Fsp3) is 0.200. The second-order valence-corrected chi connectivity index (χ2v) is 6.82. The van der Waals surface area contributed by atoms with Crippen LogP contribution in [-0.4, -0.2) is 36.4 Å². The number of nitrogens with zero attached hydrogens (tertiary/aromatic N) is 2. The molecule has 0 aromatic heterocycles. The first-order valence-electron chi connectivity index (χ1n) is 8.10. The van der Waals surface area contributed by atoms with Crippen LogP contribution < -0.4 is 0 Å². The van der Waals surface area contributed by atoms with E-state index < -0.39 is 6.23 Å². The molecule has 0 bridgehead atoms. The number of hydrogen-bond acceptors (Lipinski definition) is 4. The maximum atomic E-state index is 12.3. The molecule has 26 heavy (non-hydrogen) atoms. The molecule has 0 fully saturated rings. The Morgan fingerprint density at radius 2 is 1.96 bits per heavy atom. The van der Waals surface area contributed by atoms with Crippen LogP contribution in [-0.2, 0) is 4.74 Å². The van der Waals surface area contributed by atoms with Crippen molar-refractivity contribution in [2.75, 3.05) is 13.7 Å². The lowest BCUT2D eigenvalue weighted by molar-refractivity contribution is -0.00359. The molecule has 1 aliphatic heterocycles. The van der Waals surface area contributed by atoms with E-state index >= 15 is 0 Å². The van der Waals surface area contributed by atoms with E-state index in [0.717, 1.165) is 16.8 Å². The van der Waals surface area contributed by atoms with E-state index in [9.17, 15) is 4.79 Å². The average molecular weight is 389 g/mol. The highest BCUT2D eigenvalue weighted by Crippen LogP contribution is 2.28. The summed E-state index contributed by atoms with van der Waals surface area (Å²) in [7, 11) is 1.81. The van der Waals surface area contributed by atoms with Crippen molar-refractivity contribution in [1.82, 2.24) is 5.01 Å². The lowest BCUT2D eigenvalue weighted by Gasteiger charge is -2.20. The first-order chi connectivity index (χ1) is 12.5. The molecule has 2 aromatic rings. The molecule has 1 aliphatic rings. The van der Waals surface area contributed by atoms with Crippen LogP contribution in [0.25, 0.3) is 6.08 Å². The molecule has 2 aromatic carbocycles. The Labute approximate surface area is 162 Å². The number of ether oxygens (including phenoxy) is 1. The number of Topliss-reactive ketones (excluding diaryl/α,β-unsaturated/α-hetero) is 1. The molecule has 0 saturated heterocycles. The Morgan fingerprint density at radius 3 is 2.65 bits per heavy atom. The third kappa shape index (κ3) is 4.15. The van der Waals surface area contributed by atoms with E-state index in [0.29, 0.717) is 15.6 Å². The largest absolute Gasteiger partial charge is 0.344 e. The Morgan fingerprint density at radius 1 is 1.23 bits per heavy atom. The van der Waals surface area contributed by atoms with Crippen LogP contribution in [0.1, 0.15) is 22.8 Å². The van der Waals surface area contributed by atoms with Crippen LogP contribution in [0.15, 0.2) is 59.2 Å². The summed E-state index contributed by atoms with van der Waals surface area (Å²) in [5, 5.41) is 7.24. The summed E-state index contributed by atoms with van der Waals surface area (Å²) in [6, 6.07) is 14.4. The van der Waals surface area contributed by atoms with Crippen LogP contribution in [0.5, 0.6) is 0 Å². The number of carbonyl (C=O) groups excluding carboxylic acids is 1. The first kappa shape index (κ1) is 18.6. The first-order valence-corrected chi connectivity index (χ1v) is 8.86. The smallest absolute Gasteiger partial charge is 0.188 e. The van der Waals surface area contributed by atoms with Crippen molar-refractivity contribution in [2.45, 2.75) is 13.2 Å². The van der Waals surface area contributed by atoms with Crippen LogP contribution >= 0.6 is 23.2 Å². The van der Waals surface area contributed by atoms with Gasteiger partial charge in [-0.1, -0.05) is 59.6 Å². The lowest BCUT2D eigenvalue weighted by Crippen LogP contribution is -2.30.